The van der Waals surface area contributed by atoms with Gasteiger partial charge >= 0.3 is 5.97 Å². The molecule has 1 fully saturated rings. The van der Waals surface area contributed by atoms with E-state index in [0.29, 0.717) is 18.0 Å². The van der Waals surface area contributed by atoms with Gasteiger partial charge in [0.15, 0.2) is 6.04 Å². The molecule has 1 atom stereocenters. The molecule has 0 unspecified atom stereocenters. The second-order valence-corrected chi connectivity index (χ2v) is 6.74. The number of thiazole rings is 1. The van der Waals surface area contributed by atoms with E-state index in [0.717, 1.165) is 5.01 Å². The molecule has 0 aromatic carbocycles. The van der Waals surface area contributed by atoms with Crippen molar-refractivity contribution >= 4 is 23.2 Å². The number of hydrogen-bond acceptors (Lipinski definition) is 5. The second kappa shape index (κ2) is 5.49. The van der Waals surface area contributed by atoms with Crippen LogP contribution in [-0.2, 0) is 14.9 Å². The van der Waals surface area contributed by atoms with Crippen LogP contribution in [0.25, 0.3) is 0 Å². The van der Waals surface area contributed by atoms with Crippen LogP contribution in [0.2, 0.25) is 0 Å². The van der Waals surface area contributed by atoms with E-state index in [1.54, 1.807) is 0 Å². The lowest BCUT2D eigenvalue weighted by Gasteiger charge is -2.32. The molecule has 1 amide bonds. The van der Waals surface area contributed by atoms with Crippen molar-refractivity contribution in [1.82, 2.24) is 9.88 Å². The van der Waals surface area contributed by atoms with Gasteiger partial charge in [-0.2, -0.15) is 0 Å². The lowest BCUT2D eigenvalue weighted by molar-refractivity contribution is -0.147. The lowest BCUT2D eigenvalue weighted by atomic mass is 9.98. The Labute approximate surface area is 121 Å². The number of morpholine rings is 1. The third-order valence-electron chi connectivity index (χ3n) is 3.03. The fourth-order valence-electron chi connectivity index (χ4n) is 1.91. The maximum atomic E-state index is 12.4. The van der Waals surface area contributed by atoms with E-state index >= 15 is 0 Å². The summed E-state index contributed by atoms with van der Waals surface area (Å²) < 4.78 is 5.13. The van der Waals surface area contributed by atoms with Crippen molar-refractivity contribution < 1.29 is 19.4 Å². The largest absolute Gasteiger partial charge is 0.480 e. The summed E-state index contributed by atoms with van der Waals surface area (Å²) in [5.41, 5.74) is -0.125. The molecule has 1 aromatic heterocycles. The molecule has 0 bridgehead atoms. The highest BCUT2D eigenvalue weighted by Crippen LogP contribution is 2.28. The predicted octanol–water partition coefficient (Wildman–Crippen LogP) is 1.37. The van der Waals surface area contributed by atoms with E-state index in [9.17, 15) is 9.59 Å². The van der Waals surface area contributed by atoms with Crippen molar-refractivity contribution in [2.75, 3.05) is 19.8 Å². The molecule has 2 rings (SSSR count). The summed E-state index contributed by atoms with van der Waals surface area (Å²) in [6.45, 7) is 6.75. The van der Waals surface area contributed by atoms with Gasteiger partial charge in [-0.1, -0.05) is 20.8 Å². The first-order valence-corrected chi connectivity index (χ1v) is 7.20. The molecule has 2 heterocycles. The molecule has 0 radical (unpaired) electrons. The van der Waals surface area contributed by atoms with Crippen molar-refractivity contribution in [3.63, 3.8) is 0 Å². The number of ether oxygens (including phenoxy) is 1. The number of nitrogens with zero attached hydrogens (tertiary/aromatic N) is 2. The highest BCUT2D eigenvalue weighted by molar-refractivity contribution is 7.13. The van der Waals surface area contributed by atoms with Gasteiger partial charge in [0.2, 0.25) is 0 Å². The van der Waals surface area contributed by atoms with Crippen LogP contribution in [0.4, 0.5) is 0 Å². The first-order chi connectivity index (χ1) is 9.30. The molecule has 0 aliphatic carbocycles. The number of hydrogen-bond donors (Lipinski definition) is 1. The third kappa shape index (κ3) is 2.99. The lowest BCUT2D eigenvalue weighted by Crippen LogP contribution is -2.52. The summed E-state index contributed by atoms with van der Waals surface area (Å²) in [5.74, 6) is -1.33. The van der Waals surface area contributed by atoms with Crippen molar-refractivity contribution in [3.8, 4) is 0 Å². The quantitative estimate of drug-likeness (QED) is 0.892. The smallest absolute Gasteiger partial charge is 0.328 e. The van der Waals surface area contributed by atoms with Crippen LogP contribution in [0.3, 0.4) is 0 Å². The molecule has 1 aromatic rings. The summed E-state index contributed by atoms with van der Waals surface area (Å²) in [6.07, 6.45) is 1.53. The molecule has 110 valence electrons. The molecule has 6 nitrogen and oxygen atoms in total. The summed E-state index contributed by atoms with van der Waals surface area (Å²) in [4.78, 5) is 29.7. The number of carbonyl (C=O) groups excluding carboxylic acids is 1. The van der Waals surface area contributed by atoms with Crippen LogP contribution in [0.5, 0.6) is 0 Å². The van der Waals surface area contributed by atoms with E-state index < -0.39 is 12.0 Å². The maximum absolute atomic E-state index is 12.4. The van der Waals surface area contributed by atoms with Crippen LogP contribution in [0, 0.1) is 0 Å². The average Bonchev–Trinajstić information content (AvgIpc) is 2.87. The van der Waals surface area contributed by atoms with Gasteiger partial charge in [-0.25, -0.2) is 9.78 Å². The second-order valence-electron chi connectivity index (χ2n) is 5.71. The number of carbonyl (C=O) groups is 2. The molecule has 1 aliphatic rings. The molecular formula is C13H18N2O4S. The zero-order valence-electron chi connectivity index (χ0n) is 11.8. The maximum Gasteiger partial charge on any atom is 0.328 e. The highest BCUT2D eigenvalue weighted by atomic mass is 32.1. The minimum atomic E-state index is -1.04. The minimum absolute atomic E-state index is 0.0337. The van der Waals surface area contributed by atoms with Gasteiger partial charge in [0.25, 0.3) is 5.91 Å². The van der Waals surface area contributed by atoms with Gasteiger partial charge in [-0.05, 0) is 0 Å². The summed E-state index contributed by atoms with van der Waals surface area (Å²) in [7, 11) is 0. The van der Waals surface area contributed by atoms with Gasteiger partial charge in [0, 0.05) is 12.0 Å². The Balaban J connectivity index is 2.21. The first kappa shape index (κ1) is 14.9. The van der Waals surface area contributed by atoms with Crippen LogP contribution in [-0.4, -0.2) is 52.7 Å². The molecule has 0 spiro atoms. The monoisotopic (exact) mass is 298 g/mol. The Morgan fingerprint density at radius 1 is 1.50 bits per heavy atom. The molecular weight excluding hydrogens is 280 g/mol. The predicted molar refractivity (Wildman–Crippen MR) is 74.1 cm³/mol. The fraction of sp³-hybridized carbons (Fsp3) is 0.615. The van der Waals surface area contributed by atoms with E-state index in [1.807, 2.05) is 20.8 Å². The fourth-order valence-corrected chi connectivity index (χ4v) is 2.84. The number of carboxylic acid groups (broad SMARTS) is 1. The van der Waals surface area contributed by atoms with Crippen LogP contribution in [0.15, 0.2) is 6.20 Å². The minimum Gasteiger partial charge on any atom is -0.480 e. The van der Waals surface area contributed by atoms with Crippen LogP contribution < -0.4 is 0 Å². The number of amides is 1. The number of carboxylic acids is 1. The van der Waals surface area contributed by atoms with Gasteiger partial charge in [-0.15, -0.1) is 11.3 Å². The summed E-state index contributed by atoms with van der Waals surface area (Å²) in [6, 6.07) is -0.920. The van der Waals surface area contributed by atoms with Gasteiger partial charge in [0.1, 0.15) is 4.88 Å². The first-order valence-electron chi connectivity index (χ1n) is 6.38. The van der Waals surface area contributed by atoms with E-state index in [4.69, 9.17) is 9.84 Å². The van der Waals surface area contributed by atoms with Gasteiger partial charge in [0.05, 0.1) is 24.4 Å². The Morgan fingerprint density at radius 3 is 2.75 bits per heavy atom. The Morgan fingerprint density at radius 2 is 2.20 bits per heavy atom. The van der Waals surface area contributed by atoms with Crippen molar-refractivity contribution in [2.24, 2.45) is 0 Å². The van der Waals surface area contributed by atoms with E-state index in [-0.39, 0.29) is 17.9 Å². The molecule has 1 saturated heterocycles. The van der Waals surface area contributed by atoms with E-state index in [2.05, 4.69) is 4.98 Å². The number of aliphatic carboxylic acids is 1. The molecule has 1 aliphatic heterocycles. The van der Waals surface area contributed by atoms with Crippen molar-refractivity contribution in [2.45, 2.75) is 32.2 Å². The van der Waals surface area contributed by atoms with Gasteiger partial charge < -0.3 is 14.7 Å². The standard InChI is InChI=1S/C13H18N2O4S/c1-13(2,3)12-14-6-9(20-12)10(16)15-4-5-19-7-8(15)11(17)18/h6,8H,4-5,7H2,1-3H3,(H,17,18)/t8-/m0/s1. The third-order valence-corrected chi connectivity index (χ3v) is 4.44. The molecule has 0 saturated carbocycles. The highest BCUT2D eigenvalue weighted by Gasteiger charge is 2.34. The number of rotatable bonds is 2. The van der Waals surface area contributed by atoms with Crippen molar-refractivity contribution in [1.29, 1.82) is 0 Å². The Bertz CT molecular complexity index is 521. The van der Waals surface area contributed by atoms with E-state index in [1.165, 1.54) is 22.4 Å². The van der Waals surface area contributed by atoms with Crippen LogP contribution in [0.1, 0.15) is 35.5 Å². The Hall–Kier alpha value is -1.47. The molecule has 1 N–H and O–H groups in total. The van der Waals surface area contributed by atoms with Gasteiger partial charge in [-0.3, -0.25) is 4.79 Å². The van der Waals surface area contributed by atoms with Crippen molar-refractivity contribution in [3.05, 3.63) is 16.1 Å². The SMILES string of the molecule is CC(C)(C)c1ncc(C(=O)N2CCOC[C@H]2C(=O)O)s1. The topological polar surface area (TPSA) is 79.7 Å². The summed E-state index contributed by atoms with van der Waals surface area (Å²) in [5, 5.41) is 10.0. The summed E-state index contributed by atoms with van der Waals surface area (Å²) >= 11 is 1.32. The molecule has 20 heavy (non-hydrogen) atoms. The Kier molecular flexibility index (Phi) is 4.10. The van der Waals surface area contributed by atoms with Crippen LogP contribution >= 0.6 is 11.3 Å². The zero-order chi connectivity index (χ0) is 14.9. The normalized spacial score (nSPS) is 19.9. The zero-order valence-corrected chi connectivity index (χ0v) is 12.6. The molecule has 7 heteroatoms. The average molecular weight is 298 g/mol. The number of aromatic nitrogens is 1.